The maximum absolute atomic E-state index is 12.5. The Balaban J connectivity index is 2.10. The van der Waals surface area contributed by atoms with Crippen LogP contribution in [-0.4, -0.2) is 19.6 Å². The summed E-state index contributed by atoms with van der Waals surface area (Å²) in [5.74, 6) is 0. The van der Waals surface area contributed by atoms with Crippen molar-refractivity contribution in [3.63, 3.8) is 0 Å². The van der Waals surface area contributed by atoms with Gasteiger partial charge < -0.3 is 4.98 Å². The summed E-state index contributed by atoms with van der Waals surface area (Å²) in [7, 11) is 0. The number of fused-ring (bicyclic) bond motifs is 3. The summed E-state index contributed by atoms with van der Waals surface area (Å²) in [5.41, 5.74) is 3.23. The van der Waals surface area contributed by atoms with Gasteiger partial charge >= 0.3 is 0 Å². The van der Waals surface area contributed by atoms with Crippen LogP contribution in [0.25, 0.3) is 27.8 Å². The minimum absolute atomic E-state index is 0.250. The zero-order valence-electron chi connectivity index (χ0n) is 12.3. The fraction of sp³-hybridized carbons (Fsp3) is 0.0588. The number of hydrogen-bond donors (Lipinski definition) is 1. The third kappa shape index (κ3) is 2.24. The summed E-state index contributed by atoms with van der Waals surface area (Å²) in [6.07, 6.45) is 0. The third-order valence-corrected chi connectivity index (χ3v) is 4.00. The van der Waals surface area contributed by atoms with Gasteiger partial charge in [-0.1, -0.05) is 42.0 Å². The molecule has 112 valence electrons. The molecule has 2 aromatic heterocycles. The highest BCUT2D eigenvalue weighted by atomic mass is 32.1. The van der Waals surface area contributed by atoms with Gasteiger partial charge in [0.1, 0.15) is 5.65 Å². The predicted octanol–water partition coefficient (Wildman–Crippen LogP) is 3.28. The number of rotatable bonds is 1. The molecule has 0 aliphatic heterocycles. The minimum Gasteiger partial charge on any atom is -0.304 e. The molecule has 0 amide bonds. The Hall–Kier alpha value is -2.86. The summed E-state index contributed by atoms with van der Waals surface area (Å²) in [6.45, 7) is 1.99. The molecule has 0 bridgehead atoms. The second-order valence-electron chi connectivity index (χ2n) is 5.34. The monoisotopic (exact) mass is 320 g/mol. The van der Waals surface area contributed by atoms with Gasteiger partial charge in [-0.3, -0.25) is 4.79 Å². The van der Waals surface area contributed by atoms with Crippen LogP contribution in [0.2, 0.25) is 0 Å². The molecule has 0 saturated heterocycles. The molecule has 0 saturated carbocycles. The SMILES string of the molecule is Cc1ccc(-c2nn3c(=S)nc4ccccc4c3[nH]c2=O)cc1. The number of aromatic nitrogens is 4. The highest BCUT2D eigenvalue weighted by molar-refractivity contribution is 7.71. The number of nitrogens with zero attached hydrogens (tertiary/aromatic N) is 3. The van der Waals surface area contributed by atoms with Crippen molar-refractivity contribution in [2.45, 2.75) is 6.92 Å². The average Bonchev–Trinajstić information content (AvgIpc) is 2.55. The molecular weight excluding hydrogens is 308 g/mol. The van der Waals surface area contributed by atoms with Crippen LogP contribution in [0, 0.1) is 11.7 Å². The molecule has 2 heterocycles. The first-order valence-electron chi connectivity index (χ1n) is 7.12. The van der Waals surface area contributed by atoms with E-state index in [2.05, 4.69) is 15.1 Å². The second-order valence-corrected chi connectivity index (χ2v) is 5.71. The number of H-pyrrole nitrogens is 1. The number of benzene rings is 2. The Labute approximate surface area is 136 Å². The minimum atomic E-state index is -0.250. The van der Waals surface area contributed by atoms with Gasteiger partial charge in [-0.15, -0.1) is 0 Å². The maximum Gasteiger partial charge on any atom is 0.277 e. The third-order valence-electron chi connectivity index (χ3n) is 3.74. The summed E-state index contributed by atoms with van der Waals surface area (Å²) < 4.78 is 1.82. The fourth-order valence-corrected chi connectivity index (χ4v) is 2.79. The van der Waals surface area contributed by atoms with Gasteiger partial charge in [-0.2, -0.15) is 9.61 Å². The van der Waals surface area contributed by atoms with Crippen molar-refractivity contribution < 1.29 is 0 Å². The Morgan fingerprint density at radius 3 is 2.61 bits per heavy atom. The lowest BCUT2D eigenvalue weighted by Crippen LogP contribution is -2.17. The molecule has 4 rings (SSSR count). The highest BCUT2D eigenvalue weighted by Crippen LogP contribution is 2.18. The smallest absolute Gasteiger partial charge is 0.277 e. The van der Waals surface area contributed by atoms with E-state index in [4.69, 9.17) is 12.2 Å². The molecule has 0 unspecified atom stereocenters. The molecule has 5 nitrogen and oxygen atoms in total. The summed E-state index contributed by atoms with van der Waals surface area (Å²) >= 11 is 5.32. The Kier molecular flexibility index (Phi) is 3.06. The van der Waals surface area contributed by atoms with Crippen LogP contribution in [0.15, 0.2) is 53.3 Å². The normalized spacial score (nSPS) is 11.2. The van der Waals surface area contributed by atoms with E-state index in [1.807, 2.05) is 55.5 Å². The van der Waals surface area contributed by atoms with Crippen molar-refractivity contribution in [1.82, 2.24) is 19.6 Å². The van der Waals surface area contributed by atoms with E-state index < -0.39 is 0 Å². The first-order chi connectivity index (χ1) is 11.1. The van der Waals surface area contributed by atoms with E-state index >= 15 is 0 Å². The number of aryl methyl sites for hydroxylation is 1. The molecule has 0 aliphatic carbocycles. The van der Waals surface area contributed by atoms with Crippen LogP contribution in [0.3, 0.4) is 0 Å². The molecule has 0 radical (unpaired) electrons. The van der Waals surface area contributed by atoms with Gasteiger partial charge in [-0.25, -0.2) is 4.98 Å². The Morgan fingerprint density at radius 1 is 1.09 bits per heavy atom. The molecule has 0 fully saturated rings. The van der Waals surface area contributed by atoms with E-state index in [1.54, 1.807) is 0 Å². The van der Waals surface area contributed by atoms with Gasteiger partial charge in [0.05, 0.1) is 5.52 Å². The molecule has 1 N–H and O–H groups in total. The van der Waals surface area contributed by atoms with Crippen molar-refractivity contribution in [2.75, 3.05) is 0 Å². The Bertz CT molecular complexity index is 1160. The van der Waals surface area contributed by atoms with Crippen LogP contribution in [0.1, 0.15) is 5.56 Å². The number of aromatic amines is 1. The summed E-state index contributed by atoms with van der Waals surface area (Å²) in [6, 6.07) is 15.1. The van der Waals surface area contributed by atoms with Crippen LogP contribution in [-0.2, 0) is 0 Å². The van der Waals surface area contributed by atoms with Crippen molar-refractivity contribution >= 4 is 28.8 Å². The first-order valence-corrected chi connectivity index (χ1v) is 7.53. The van der Waals surface area contributed by atoms with E-state index in [9.17, 15) is 4.79 Å². The van der Waals surface area contributed by atoms with Gasteiger partial charge in [0, 0.05) is 10.9 Å². The topological polar surface area (TPSA) is 63.1 Å². The van der Waals surface area contributed by atoms with E-state index in [1.165, 1.54) is 4.52 Å². The largest absolute Gasteiger partial charge is 0.304 e. The van der Waals surface area contributed by atoms with E-state index in [0.717, 1.165) is 22.0 Å². The summed E-state index contributed by atoms with van der Waals surface area (Å²) in [4.78, 5) is 19.8. The van der Waals surface area contributed by atoms with Crippen LogP contribution in [0.5, 0.6) is 0 Å². The quantitative estimate of drug-likeness (QED) is 0.432. The summed E-state index contributed by atoms with van der Waals surface area (Å²) in [5, 5.41) is 5.24. The molecule has 0 aliphatic rings. The standard InChI is InChI=1S/C17H12N4OS/c1-10-6-8-11(9-7-10)14-16(22)19-15-12-4-2-3-5-13(12)18-17(23)21(15)20-14/h2-9H,1H3,(H,19,22). The molecule has 23 heavy (non-hydrogen) atoms. The molecule has 6 heteroatoms. The number of nitrogens with one attached hydrogen (secondary N) is 1. The molecule has 4 aromatic rings. The number of hydrogen-bond acceptors (Lipinski definition) is 4. The van der Waals surface area contributed by atoms with E-state index in [-0.39, 0.29) is 5.56 Å². The van der Waals surface area contributed by atoms with Gasteiger partial charge in [0.15, 0.2) is 5.69 Å². The van der Waals surface area contributed by atoms with E-state index in [0.29, 0.717) is 16.1 Å². The van der Waals surface area contributed by atoms with Crippen molar-refractivity contribution in [3.05, 3.63) is 69.2 Å². The lowest BCUT2D eigenvalue weighted by Gasteiger charge is -2.07. The lowest BCUT2D eigenvalue weighted by molar-refractivity contribution is 0.856. The molecule has 2 aromatic carbocycles. The maximum atomic E-state index is 12.5. The zero-order chi connectivity index (χ0) is 16.0. The lowest BCUT2D eigenvalue weighted by atomic mass is 10.1. The number of para-hydroxylation sites is 1. The predicted molar refractivity (Wildman–Crippen MR) is 92.1 cm³/mol. The average molecular weight is 320 g/mol. The van der Waals surface area contributed by atoms with Gasteiger partial charge in [-0.05, 0) is 31.3 Å². The molecular formula is C17H12N4OS. The van der Waals surface area contributed by atoms with Crippen molar-refractivity contribution in [1.29, 1.82) is 0 Å². The fourth-order valence-electron chi connectivity index (χ4n) is 2.56. The van der Waals surface area contributed by atoms with Crippen molar-refractivity contribution in [2.24, 2.45) is 0 Å². The van der Waals surface area contributed by atoms with Crippen LogP contribution < -0.4 is 5.56 Å². The van der Waals surface area contributed by atoms with Crippen molar-refractivity contribution in [3.8, 4) is 11.3 Å². The van der Waals surface area contributed by atoms with Crippen LogP contribution in [0.4, 0.5) is 0 Å². The van der Waals surface area contributed by atoms with Crippen LogP contribution >= 0.6 is 12.2 Å². The molecule has 0 atom stereocenters. The second kappa shape index (κ2) is 5.10. The van der Waals surface area contributed by atoms with Gasteiger partial charge in [0.2, 0.25) is 4.77 Å². The Morgan fingerprint density at radius 2 is 1.83 bits per heavy atom. The van der Waals surface area contributed by atoms with Gasteiger partial charge in [0.25, 0.3) is 5.56 Å². The first kappa shape index (κ1) is 13.8. The molecule has 0 spiro atoms. The zero-order valence-corrected chi connectivity index (χ0v) is 13.1. The highest BCUT2D eigenvalue weighted by Gasteiger charge is 2.10.